The van der Waals surface area contributed by atoms with Crippen LogP contribution in [-0.2, 0) is 6.61 Å². The zero-order chi connectivity index (χ0) is 17.1. The molecular weight excluding hydrogens is 310 g/mol. The fourth-order valence-electron chi connectivity index (χ4n) is 2.06. The van der Waals surface area contributed by atoms with Crippen molar-refractivity contribution in [2.75, 3.05) is 0 Å². The molecule has 2 N–H and O–H groups in total. The van der Waals surface area contributed by atoms with Crippen LogP contribution in [0.25, 0.3) is 11.3 Å². The zero-order valence-corrected chi connectivity index (χ0v) is 13.2. The lowest BCUT2D eigenvalue weighted by atomic mass is 10.1. The topological polar surface area (TPSA) is 117 Å². The van der Waals surface area contributed by atoms with Gasteiger partial charge in [0.25, 0.3) is 5.91 Å². The molecule has 0 saturated carbocycles. The van der Waals surface area contributed by atoms with E-state index in [2.05, 4.69) is 20.1 Å². The smallest absolute Gasteiger partial charge is 0.268 e. The Labute approximate surface area is 137 Å². The van der Waals surface area contributed by atoms with Gasteiger partial charge in [-0.05, 0) is 26.0 Å². The van der Waals surface area contributed by atoms with Crippen LogP contribution in [0.1, 0.15) is 27.5 Å². The van der Waals surface area contributed by atoms with E-state index in [0.717, 1.165) is 16.8 Å². The molecule has 3 rings (SSSR count). The number of primary amides is 1. The van der Waals surface area contributed by atoms with E-state index >= 15 is 0 Å². The Kier molecular flexibility index (Phi) is 4.19. The molecule has 0 aliphatic rings. The van der Waals surface area contributed by atoms with Crippen molar-refractivity contribution in [3.05, 3.63) is 53.4 Å². The number of nitrogens with two attached hydrogens (primary N) is 1. The quantitative estimate of drug-likeness (QED) is 0.760. The summed E-state index contributed by atoms with van der Waals surface area (Å²) in [7, 11) is 0. The highest BCUT2D eigenvalue weighted by molar-refractivity contribution is 5.90. The second kappa shape index (κ2) is 6.45. The number of ether oxygens (including phenoxy) is 1. The van der Waals surface area contributed by atoms with Crippen molar-refractivity contribution in [3.8, 4) is 17.1 Å². The van der Waals surface area contributed by atoms with Gasteiger partial charge in [0.15, 0.2) is 0 Å². The molecule has 8 nitrogen and oxygen atoms in total. The number of aromatic nitrogens is 4. The predicted molar refractivity (Wildman–Crippen MR) is 84.1 cm³/mol. The second-order valence-electron chi connectivity index (χ2n) is 5.15. The molecular formula is C16H15N5O3. The van der Waals surface area contributed by atoms with E-state index in [1.165, 1.54) is 12.4 Å². The predicted octanol–water partition coefficient (Wildman–Crippen LogP) is 1.82. The SMILES string of the molecule is Cc1ccc(-c2noc(C)c2COc2cnc(C(N)=O)cn2)cn1. The Morgan fingerprint density at radius 2 is 2.00 bits per heavy atom. The Bertz CT molecular complexity index is 856. The number of carbonyl (C=O) groups is 1. The van der Waals surface area contributed by atoms with Gasteiger partial charge in [0.2, 0.25) is 5.88 Å². The third-order valence-corrected chi connectivity index (χ3v) is 3.41. The van der Waals surface area contributed by atoms with Gasteiger partial charge in [-0.1, -0.05) is 5.16 Å². The third kappa shape index (κ3) is 3.22. The first-order valence-corrected chi connectivity index (χ1v) is 7.17. The van der Waals surface area contributed by atoms with Crippen LogP contribution in [0.15, 0.2) is 35.2 Å². The van der Waals surface area contributed by atoms with Crippen LogP contribution in [-0.4, -0.2) is 26.0 Å². The maximum Gasteiger partial charge on any atom is 0.268 e. The highest BCUT2D eigenvalue weighted by Crippen LogP contribution is 2.25. The largest absolute Gasteiger partial charge is 0.471 e. The molecule has 24 heavy (non-hydrogen) atoms. The van der Waals surface area contributed by atoms with Crippen molar-refractivity contribution >= 4 is 5.91 Å². The molecule has 0 unspecified atom stereocenters. The van der Waals surface area contributed by atoms with Crippen LogP contribution in [0.4, 0.5) is 0 Å². The lowest BCUT2D eigenvalue weighted by Crippen LogP contribution is -2.13. The molecule has 122 valence electrons. The number of nitrogens with zero attached hydrogens (tertiary/aromatic N) is 4. The normalized spacial score (nSPS) is 10.6. The van der Waals surface area contributed by atoms with Gasteiger partial charge >= 0.3 is 0 Å². The molecule has 0 aliphatic carbocycles. The molecule has 0 bridgehead atoms. The van der Waals surface area contributed by atoms with Gasteiger partial charge in [-0.2, -0.15) is 0 Å². The van der Waals surface area contributed by atoms with Crippen molar-refractivity contribution < 1.29 is 14.1 Å². The number of hydrogen-bond acceptors (Lipinski definition) is 7. The fourth-order valence-corrected chi connectivity index (χ4v) is 2.06. The standard InChI is InChI=1S/C16H15N5O3/c1-9-3-4-11(5-18-9)15-12(10(2)24-21-15)8-23-14-7-19-13(6-20-14)16(17)22/h3-7H,8H2,1-2H3,(H2,17,22). The van der Waals surface area contributed by atoms with Crippen LogP contribution in [0, 0.1) is 13.8 Å². The van der Waals surface area contributed by atoms with Gasteiger partial charge in [0, 0.05) is 17.5 Å². The zero-order valence-electron chi connectivity index (χ0n) is 13.2. The average molecular weight is 325 g/mol. The lowest BCUT2D eigenvalue weighted by molar-refractivity contribution is 0.0995. The van der Waals surface area contributed by atoms with Crippen molar-refractivity contribution in [1.29, 1.82) is 0 Å². The Balaban J connectivity index is 1.79. The molecule has 3 aromatic heterocycles. The third-order valence-electron chi connectivity index (χ3n) is 3.41. The van der Waals surface area contributed by atoms with E-state index < -0.39 is 5.91 Å². The highest BCUT2D eigenvalue weighted by atomic mass is 16.5. The average Bonchev–Trinajstić information content (AvgIpc) is 2.95. The van der Waals surface area contributed by atoms with Gasteiger partial charge in [-0.15, -0.1) is 0 Å². The van der Waals surface area contributed by atoms with Crippen LogP contribution in [0.2, 0.25) is 0 Å². The summed E-state index contributed by atoms with van der Waals surface area (Å²) in [6.45, 7) is 3.91. The van der Waals surface area contributed by atoms with E-state index in [0.29, 0.717) is 11.5 Å². The fraction of sp³-hybridized carbons (Fsp3) is 0.188. The Morgan fingerprint density at radius 3 is 2.62 bits per heavy atom. The van der Waals surface area contributed by atoms with Crippen LogP contribution in [0.5, 0.6) is 5.88 Å². The number of pyridine rings is 1. The lowest BCUT2D eigenvalue weighted by Gasteiger charge is -2.06. The van der Waals surface area contributed by atoms with Gasteiger partial charge < -0.3 is 15.0 Å². The van der Waals surface area contributed by atoms with E-state index in [4.69, 9.17) is 15.0 Å². The number of hydrogen-bond donors (Lipinski definition) is 1. The van der Waals surface area contributed by atoms with Gasteiger partial charge in [-0.3, -0.25) is 9.78 Å². The van der Waals surface area contributed by atoms with E-state index in [-0.39, 0.29) is 18.2 Å². The summed E-state index contributed by atoms with van der Waals surface area (Å²) >= 11 is 0. The number of aryl methyl sites for hydroxylation is 2. The van der Waals surface area contributed by atoms with Crippen LogP contribution >= 0.6 is 0 Å². The first-order chi connectivity index (χ1) is 11.5. The minimum atomic E-state index is -0.641. The molecule has 8 heteroatoms. The van der Waals surface area contributed by atoms with E-state index in [9.17, 15) is 4.79 Å². The summed E-state index contributed by atoms with van der Waals surface area (Å²) < 4.78 is 10.9. The molecule has 0 aliphatic heterocycles. The van der Waals surface area contributed by atoms with Crippen LogP contribution in [0.3, 0.4) is 0 Å². The van der Waals surface area contributed by atoms with Crippen molar-refractivity contribution in [3.63, 3.8) is 0 Å². The van der Waals surface area contributed by atoms with Gasteiger partial charge in [0.05, 0.1) is 18.0 Å². The molecule has 3 heterocycles. The summed E-state index contributed by atoms with van der Waals surface area (Å²) in [4.78, 5) is 23.1. The maximum absolute atomic E-state index is 11.0. The Hall–Kier alpha value is -3.29. The van der Waals surface area contributed by atoms with Crippen molar-refractivity contribution in [2.24, 2.45) is 5.73 Å². The second-order valence-corrected chi connectivity index (χ2v) is 5.15. The summed E-state index contributed by atoms with van der Waals surface area (Å²) in [6.07, 6.45) is 4.34. The first kappa shape index (κ1) is 15.6. The molecule has 0 aromatic carbocycles. The molecule has 0 radical (unpaired) electrons. The first-order valence-electron chi connectivity index (χ1n) is 7.17. The summed E-state index contributed by atoms with van der Waals surface area (Å²) in [6, 6.07) is 3.82. The van der Waals surface area contributed by atoms with E-state index in [1.54, 1.807) is 13.1 Å². The van der Waals surface area contributed by atoms with Crippen LogP contribution < -0.4 is 10.5 Å². The van der Waals surface area contributed by atoms with Crippen molar-refractivity contribution in [1.82, 2.24) is 20.1 Å². The summed E-state index contributed by atoms with van der Waals surface area (Å²) in [5.74, 6) is 0.277. The summed E-state index contributed by atoms with van der Waals surface area (Å²) in [5.41, 5.74) is 8.42. The monoisotopic (exact) mass is 325 g/mol. The molecule has 1 amide bonds. The highest BCUT2D eigenvalue weighted by Gasteiger charge is 2.16. The minimum absolute atomic E-state index is 0.0786. The number of carbonyl (C=O) groups excluding carboxylic acids is 1. The molecule has 0 spiro atoms. The Morgan fingerprint density at radius 1 is 1.17 bits per heavy atom. The molecule has 0 saturated heterocycles. The number of rotatable bonds is 5. The van der Waals surface area contributed by atoms with E-state index in [1.807, 2.05) is 19.1 Å². The van der Waals surface area contributed by atoms with Gasteiger partial charge in [0.1, 0.15) is 23.8 Å². The molecule has 0 fully saturated rings. The summed E-state index contributed by atoms with van der Waals surface area (Å²) in [5, 5.41) is 4.07. The minimum Gasteiger partial charge on any atom is -0.471 e. The maximum atomic E-state index is 11.0. The van der Waals surface area contributed by atoms with Crippen molar-refractivity contribution in [2.45, 2.75) is 20.5 Å². The van der Waals surface area contributed by atoms with Gasteiger partial charge in [-0.25, -0.2) is 9.97 Å². The molecule has 0 atom stereocenters. The molecule has 3 aromatic rings. The number of amides is 1.